The highest BCUT2D eigenvalue weighted by Crippen LogP contribution is 2.24. The Hall–Kier alpha value is -2.01. The summed E-state index contributed by atoms with van der Waals surface area (Å²) in [4.78, 5) is 28.2. The number of amidine groups is 1. The van der Waals surface area contributed by atoms with Crippen molar-refractivity contribution >= 4 is 17.6 Å². The van der Waals surface area contributed by atoms with E-state index >= 15 is 0 Å². The zero-order valence-corrected chi connectivity index (χ0v) is 11.2. The van der Waals surface area contributed by atoms with E-state index in [2.05, 4.69) is 10.3 Å². The van der Waals surface area contributed by atoms with Gasteiger partial charge in [0.2, 0.25) is 5.91 Å². The van der Waals surface area contributed by atoms with Gasteiger partial charge in [-0.05, 0) is 31.9 Å². The molecule has 3 N–H and O–H groups in total. The highest BCUT2D eigenvalue weighted by molar-refractivity contribution is 6.20. The molecular weight excluding hydrogens is 242 g/mol. The molecule has 0 aromatic heterocycles. The summed E-state index contributed by atoms with van der Waals surface area (Å²) in [7, 11) is 0. The first kappa shape index (κ1) is 13.4. The Morgan fingerprint density at radius 1 is 1.26 bits per heavy atom. The van der Waals surface area contributed by atoms with Crippen molar-refractivity contribution in [2.45, 2.75) is 32.2 Å². The molecule has 0 spiro atoms. The number of carbonyl (C=O) groups excluding carboxylic acids is 2. The number of hydrogen-bond donors (Lipinski definition) is 2. The van der Waals surface area contributed by atoms with E-state index in [1.807, 2.05) is 19.1 Å². The SMILES string of the molecule is Cc1ccccc1C1C(=O)N=C(C(C)(C)N)NC1=O. The van der Waals surface area contributed by atoms with Crippen molar-refractivity contribution in [3.8, 4) is 0 Å². The summed E-state index contributed by atoms with van der Waals surface area (Å²) in [5, 5.41) is 2.63. The fourth-order valence-corrected chi connectivity index (χ4v) is 1.99. The van der Waals surface area contributed by atoms with E-state index in [-0.39, 0.29) is 11.7 Å². The molecule has 1 heterocycles. The molecule has 1 aromatic rings. The van der Waals surface area contributed by atoms with E-state index in [1.165, 1.54) is 0 Å². The number of nitrogens with one attached hydrogen (secondary N) is 1. The third-order valence-corrected chi connectivity index (χ3v) is 3.08. The lowest BCUT2D eigenvalue weighted by molar-refractivity contribution is -0.130. The quantitative estimate of drug-likeness (QED) is 0.773. The summed E-state index contributed by atoms with van der Waals surface area (Å²) >= 11 is 0. The molecule has 1 atom stereocenters. The Morgan fingerprint density at radius 2 is 1.89 bits per heavy atom. The predicted molar refractivity (Wildman–Crippen MR) is 72.8 cm³/mol. The molecule has 0 bridgehead atoms. The zero-order chi connectivity index (χ0) is 14.2. The first-order chi connectivity index (χ1) is 8.80. The summed E-state index contributed by atoms with van der Waals surface area (Å²) in [6.07, 6.45) is 0. The summed E-state index contributed by atoms with van der Waals surface area (Å²) in [5.41, 5.74) is 6.58. The van der Waals surface area contributed by atoms with Crippen molar-refractivity contribution in [3.63, 3.8) is 0 Å². The van der Waals surface area contributed by atoms with Crippen LogP contribution in [0.1, 0.15) is 30.9 Å². The fourth-order valence-electron chi connectivity index (χ4n) is 1.99. The van der Waals surface area contributed by atoms with Crippen LogP contribution in [0.25, 0.3) is 0 Å². The largest absolute Gasteiger partial charge is 0.319 e. The maximum absolute atomic E-state index is 12.1. The third kappa shape index (κ3) is 2.56. The minimum absolute atomic E-state index is 0.215. The summed E-state index contributed by atoms with van der Waals surface area (Å²) < 4.78 is 0. The first-order valence-electron chi connectivity index (χ1n) is 6.09. The van der Waals surface area contributed by atoms with Gasteiger partial charge in [0, 0.05) is 0 Å². The van der Waals surface area contributed by atoms with Crippen molar-refractivity contribution < 1.29 is 9.59 Å². The molecule has 19 heavy (non-hydrogen) atoms. The lowest BCUT2D eigenvalue weighted by atomic mass is 9.91. The molecule has 0 radical (unpaired) electrons. The van der Waals surface area contributed by atoms with Gasteiger partial charge in [-0.1, -0.05) is 24.3 Å². The third-order valence-electron chi connectivity index (χ3n) is 3.08. The summed E-state index contributed by atoms with van der Waals surface area (Å²) in [6.45, 7) is 5.24. The topological polar surface area (TPSA) is 84.6 Å². The van der Waals surface area contributed by atoms with Crippen LogP contribution in [0.2, 0.25) is 0 Å². The number of benzene rings is 1. The monoisotopic (exact) mass is 259 g/mol. The van der Waals surface area contributed by atoms with Crippen LogP contribution in [-0.4, -0.2) is 23.2 Å². The molecule has 0 fully saturated rings. The minimum atomic E-state index is -0.882. The number of hydrogen-bond acceptors (Lipinski definition) is 3. The van der Waals surface area contributed by atoms with Gasteiger partial charge in [0.25, 0.3) is 5.91 Å². The fraction of sp³-hybridized carbons (Fsp3) is 0.357. The first-order valence-corrected chi connectivity index (χ1v) is 6.09. The summed E-state index contributed by atoms with van der Waals surface area (Å²) in [6, 6.07) is 7.30. The van der Waals surface area contributed by atoms with Crippen LogP contribution in [0.5, 0.6) is 0 Å². The maximum Gasteiger partial charge on any atom is 0.264 e. The number of nitrogens with zero attached hydrogens (tertiary/aromatic N) is 1. The van der Waals surface area contributed by atoms with Crippen LogP contribution in [-0.2, 0) is 9.59 Å². The smallest absolute Gasteiger partial charge is 0.264 e. The van der Waals surface area contributed by atoms with Crippen LogP contribution >= 0.6 is 0 Å². The molecule has 1 aliphatic rings. The Balaban J connectivity index is 2.42. The van der Waals surface area contributed by atoms with Crippen molar-refractivity contribution in [1.29, 1.82) is 0 Å². The van der Waals surface area contributed by atoms with Crippen LogP contribution < -0.4 is 11.1 Å². The van der Waals surface area contributed by atoms with E-state index in [0.29, 0.717) is 5.56 Å². The normalized spacial score (nSPS) is 20.0. The van der Waals surface area contributed by atoms with Crippen LogP contribution in [0, 0.1) is 6.92 Å². The second kappa shape index (κ2) is 4.59. The standard InChI is InChI=1S/C14H17N3O2/c1-8-6-4-5-7-9(8)10-11(18)16-13(14(2,3)15)17-12(10)19/h4-7,10H,15H2,1-3H3,(H,16,17,18,19). The highest BCUT2D eigenvalue weighted by atomic mass is 16.2. The molecule has 0 saturated heterocycles. The number of aliphatic imine (C=N–C) groups is 1. The van der Waals surface area contributed by atoms with Gasteiger partial charge in [-0.25, -0.2) is 0 Å². The van der Waals surface area contributed by atoms with Crippen molar-refractivity contribution in [2.75, 3.05) is 0 Å². The molecule has 1 aromatic carbocycles. The van der Waals surface area contributed by atoms with Gasteiger partial charge in [0.05, 0.1) is 5.54 Å². The Labute approximate surface area is 111 Å². The number of carbonyl (C=O) groups is 2. The molecular formula is C14H17N3O2. The molecule has 5 heteroatoms. The summed E-state index contributed by atoms with van der Waals surface area (Å²) in [5.74, 6) is -1.51. The van der Waals surface area contributed by atoms with E-state index in [0.717, 1.165) is 5.56 Å². The van der Waals surface area contributed by atoms with Gasteiger partial charge in [-0.2, -0.15) is 4.99 Å². The molecule has 2 amide bonds. The molecule has 100 valence electrons. The Bertz CT molecular complexity index is 570. The molecule has 1 aliphatic heterocycles. The Kier molecular flexibility index (Phi) is 3.24. The second-order valence-electron chi connectivity index (χ2n) is 5.30. The van der Waals surface area contributed by atoms with E-state index in [4.69, 9.17) is 5.73 Å². The van der Waals surface area contributed by atoms with Crippen LogP contribution in [0.15, 0.2) is 29.3 Å². The van der Waals surface area contributed by atoms with E-state index < -0.39 is 17.4 Å². The lowest BCUT2D eigenvalue weighted by Crippen LogP contribution is -2.55. The van der Waals surface area contributed by atoms with Gasteiger partial charge in [0.15, 0.2) is 0 Å². The van der Waals surface area contributed by atoms with E-state index in [1.54, 1.807) is 26.0 Å². The van der Waals surface area contributed by atoms with Gasteiger partial charge >= 0.3 is 0 Å². The van der Waals surface area contributed by atoms with Crippen LogP contribution in [0.4, 0.5) is 0 Å². The van der Waals surface area contributed by atoms with Gasteiger partial charge < -0.3 is 11.1 Å². The number of amides is 2. The highest BCUT2D eigenvalue weighted by Gasteiger charge is 2.37. The zero-order valence-electron chi connectivity index (χ0n) is 11.2. The minimum Gasteiger partial charge on any atom is -0.319 e. The predicted octanol–water partition coefficient (Wildman–Crippen LogP) is 0.871. The molecule has 2 rings (SSSR count). The molecule has 0 aliphatic carbocycles. The number of aryl methyl sites for hydroxylation is 1. The van der Waals surface area contributed by atoms with Crippen molar-refractivity contribution in [1.82, 2.24) is 5.32 Å². The Morgan fingerprint density at radius 3 is 2.42 bits per heavy atom. The number of rotatable bonds is 2. The van der Waals surface area contributed by atoms with Crippen LogP contribution in [0.3, 0.4) is 0 Å². The van der Waals surface area contributed by atoms with Gasteiger partial charge in [-0.3, -0.25) is 9.59 Å². The lowest BCUT2D eigenvalue weighted by Gasteiger charge is -2.28. The number of nitrogens with two attached hydrogens (primary N) is 1. The maximum atomic E-state index is 12.1. The van der Waals surface area contributed by atoms with Crippen molar-refractivity contribution in [3.05, 3.63) is 35.4 Å². The second-order valence-corrected chi connectivity index (χ2v) is 5.30. The average Bonchev–Trinajstić information content (AvgIpc) is 2.29. The average molecular weight is 259 g/mol. The van der Waals surface area contributed by atoms with E-state index in [9.17, 15) is 9.59 Å². The van der Waals surface area contributed by atoms with Gasteiger partial charge in [-0.15, -0.1) is 0 Å². The van der Waals surface area contributed by atoms with Gasteiger partial charge in [0.1, 0.15) is 11.8 Å². The van der Waals surface area contributed by atoms with Crippen molar-refractivity contribution in [2.24, 2.45) is 10.7 Å². The molecule has 5 nitrogen and oxygen atoms in total. The molecule has 0 saturated carbocycles. The molecule has 1 unspecified atom stereocenters.